The van der Waals surface area contributed by atoms with Crippen LogP contribution < -0.4 is 15.8 Å². The summed E-state index contributed by atoms with van der Waals surface area (Å²) in [7, 11) is 0. The Morgan fingerprint density at radius 3 is 2.30 bits per heavy atom. The van der Waals surface area contributed by atoms with Gasteiger partial charge in [0.2, 0.25) is 0 Å². The third-order valence-corrected chi connectivity index (χ3v) is 3.54. The number of urea groups is 1. The van der Waals surface area contributed by atoms with Gasteiger partial charge in [0.1, 0.15) is 5.66 Å². The molecular formula is C16H17N3O. The highest BCUT2D eigenvalue weighted by Gasteiger charge is 2.40. The van der Waals surface area contributed by atoms with E-state index in [0.29, 0.717) is 0 Å². The van der Waals surface area contributed by atoms with Crippen LogP contribution in [0.4, 0.5) is 10.5 Å². The Bertz CT molecular complexity index is 624. The molecule has 1 aliphatic heterocycles. The van der Waals surface area contributed by atoms with Gasteiger partial charge in [-0.05, 0) is 31.5 Å². The maximum Gasteiger partial charge on any atom is 0.338 e. The van der Waals surface area contributed by atoms with Crippen molar-refractivity contribution in [1.82, 2.24) is 10.7 Å². The maximum absolute atomic E-state index is 12.2. The zero-order valence-corrected chi connectivity index (χ0v) is 11.6. The minimum absolute atomic E-state index is 0.153. The standard InChI is InChI=1S/C16H17N3O/c1-12-8-10-14(11-9-12)19-15(20)17-16(2,18-19)13-6-4-3-5-7-13/h3-11,18H,1-2H3,(H,17,20). The van der Waals surface area contributed by atoms with Crippen molar-refractivity contribution in [1.29, 1.82) is 0 Å². The summed E-state index contributed by atoms with van der Waals surface area (Å²) < 4.78 is 0. The van der Waals surface area contributed by atoms with Crippen LogP contribution >= 0.6 is 0 Å². The average Bonchev–Trinajstić information content (AvgIpc) is 2.77. The van der Waals surface area contributed by atoms with Crippen LogP contribution in [-0.4, -0.2) is 6.03 Å². The summed E-state index contributed by atoms with van der Waals surface area (Å²) in [5.74, 6) is 0. The van der Waals surface area contributed by atoms with Crippen molar-refractivity contribution in [3.8, 4) is 0 Å². The molecule has 1 saturated heterocycles. The summed E-state index contributed by atoms with van der Waals surface area (Å²) in [4.78, 5) is 12.2. The van der Waals surface area contributed by atoms with Gasteiger partial charge < -0.3 is 5.32 Å². The van der Waals surface area contributed by atoms with Crippen LogP contribution in [0, 0.1) is 6.92 Å². The third kappa shape index (κ3) is 2.14. The molecule has 1 unspecified atom stereocenters. The molecule has 1 heterocycles. The van der Waals surface area contributed by atoms with Gasteiger partial charge in [-0.1, -0.05) is 48.0 Å². The lowest BCUT2D eigenvalue weighted by Gasteiger charge is -2.25. The average molecular weight is 267 g/mol. The van der Waals surface area contributed by atoms with Crippen LogP contribution in [0.15, 0.2) is 54.6 Å². The molecule has 0 radical (unpaired) electrons. The second-order valence-electron chi connectivity index (χ2n) is 5.20. The molecule has 2 amide bonds. The van der Waals surface area contributed by atoms with Gasteiger partial charge in [-0.25, -0.2) is 9.80 Å². The lowest BCUT2D eigenvalue weighted by molar-refractivity contribution is 0.248. The number of amides is 2. The van der Waals surface area contributed by atoms with E-state index in [-0.39, 0.29) is 6.03 Å². The van der Waals surface area contributed by atoms with E-state index in [4.69, 9.17) is 0 Å². The molecule has 0 bridgehead atoms. The number of hydrogen-bond donors (Lipinski definition) is 2. The fourth-order valence-electron chi connectivity index (χ4n) is 2.36. The number of nitrogens with zero attached hydrogens (tertiary/aromatic N) is 1. The molecule has 0 spiro atoms. The number of benzene rings is 2. The second kappa shape index (κ2) is 4.65. The van der Waals surface area contributed by atoms with Crippen molar-refractivity contribution in [3.63, 3.8) is 0 Å². The Morgan fingerprint density at radius 1 is 1.00 bits per heavy atom. The largest absolute Gasteiger partial charge is 0.338 e. The van der Waals surface area contributed by atoms with E-state index >= 15 is 0 Å². The van der Waals surface area contributed by atoms with E-state index in [1.807, 2.05) is 68.4 Å². The van der Waals surface area contributed by atoms with E-state index in [0.717, 1.165) is 11.3 Å². The molecule has 2 N–H and O–H groups in total. The van der Waals surface area contributed by atoms with Crippen LogP contribution in [-0.2, 0) is 5.66 Å². The number of carbonyl (C=O) groups excluding carboxylic acids is 1. The summed E-state index contributed by atoms with van der Waals surface area (Å²) in [6.45, 7) is 3.98. The van der Waals surface area contributed by atoms with Crippen molar-refractivity contribution >= 4 is 11.7 Å². The van der Waals surface area contributed by atoms with Crippen molar-refractivity contribution in [2.75, 3.05) is 5.01 Å². The van der Waals surface area contributed by atoms with Gasteiger partial charge in [-0.2, -0.15) is 5.43 Å². The van der Waals surface area contributed by atoms with E-state index < -0.39 is 5.66 Å². The number of nitrogens with one attached hydrogen (secondary N) is 2. The second-order valence-corrected chi connectivity index (χ2v) is 5.20. The van der Waals surface area contributed by atoms with Crippen LogP contribution in [0.5, 0.6) is 0 Å². The minimum atomic E-state index is -0.594. The van der Waals surface area contributed by atoms with Gasteiger partial charge in [0.25, 0.3) is 0 Å². The molecule has 0 saturated carbocycles. The SMILES string of the molecule is Cc1ccc(N2NC(C)(c3ccccc3)NC2=O)cc1. The van der Waals surface area contributed by atoms with Gasteiger partial charge in [0, 0.05) is 0 Å². The van der Waals surface area contributed by atoms with Crippen LogP contribution in [0.2, 0.25) is 0 Å². The quantitative estimate of drug-likeness (QED) is 0.878. The highest BCUT2D eigenvalue weighted by molar-refractivity contribution is 5.93. The number of hydrazine groups is 1. The summed E-state index contributed by atoms with van der Waals surface area (Å²) in [6.07, 6.45) is 0. The van der Waals surface area contributed by atoms with E-state index in [1.165, 1.54) is 5.56 Å². The monoisotopic (exact) mass is 267 g/mol. The molecule has 1 aliphatic rings. The van der Waals surface area contributed by atoms with E-state index in [9.17, 15) is 4.79 Å². The van der Waals surface area contributed by atoms with Gasteiger partial charge in [0.15, 0.2) is 0 Å². The molecule has 1 fully saturated rings. The number of anilines is 1. The molecule has 20 heavy (non-hydrogen) atoms. The highest BCUT2D eigenvalue weighted by Crippen LogP contribution is 2.26. The number of hydrogen-bond acceptors (Lipinski definition) is 2. The number of rotatable bonds is 2. The Balaban J connectivity index is 1.90. The molecule has 2 aromatic carbocycles. The van der Waals surface area contributed by atoms with Crippen molar-refractivity contribution in [2.24, 2.45) is 0 Å². The molecule has 4 nitrogen and oxygen atoms in total. The first-order valence-electron chi connectivity index (χ1n) is 6.61. The summed E-state index contributed by atoms with van der Waals surface area (Å²) >= 11 is 0. The Labute approximate surface area is 118 Å². The number of carbonyl (C=O) groups is 1. The molecule has 3 rings (SSSR count). The molecule has 0 aromatic heterocycles. The molecule has 0 aliphatic carbocycles. The Kier molecular flexibility index (Phi) is 2.95. The van der Waals surface area contributed by atoms with Gasteiger partial charge in [-0.15, -0.1) is 0 Å². The molecular weight excluding hydrogens is 250 g/mol. The van der Waals surface area contributed by atoms with Gasteiger partial charge in [0.05, 0.1) is 5.69 Å². The zero-order chi connectivity index (χ0) is 14.2. The maximum atomic E-state index is 12.2. The first-order chi connectivity index (χ1) is 9.58. The smallest absolute Gasteiger partial charge is 0.313 e. The van der Waals surface area contributed by atoms with Crippen LogP contribution in [0.1, 0.15) is 18.1 Å². The van der Waals surface area contributed by atoms with Crippen molar-refractivity contribution in [3.05, 3.63) is 65.7 Å². The summed E-state index contributed by atoms with van der Waals surface area (Å²) in [5, 5.41) is 4.53. The predicted octanol–water partition coefficient (Wildman–Crippen LogP) is 2.90. The fourth-order valence-corrected chi connectivity index (χ4v) is 2.36. The predicted molar refractivity (Wildman–Crippen MR) is 79.1 cm³/mol. The molecule has 4 heteroatoms. The minimum Gasteiger partial charge on any atom is -0.313 e. The third-order valence-electron chi connectivity index (χ3n) is 3.54. The zero-order valence-electron chi connectivity index (χ0n) is 11.6. The van der Waals surface area contributed by atoms with E-state index in [1.54, 1.807) is 5.01 Å². The summed E-state index contributed by atoms with van der Waals surface area (Å²) in [5.41, 5.74) is 5.66. The first kappa shape index (κ1) is 12.7. The summed E-state index contributed by atoms with van der Waals surface area (Å²) in [6, 6.07) is 17.5. The van der Waals surface area contributed by atoms with Crippen molar-refractivity contribution in [2.45, 2.75) is 19.5 Å². The van der Waals surface area contributed by atoms with E-state index in [2.05, 4.69) is 10.7 Å². The van der Waals surface area contributed by atoms with Crippen LogP contribution in [0.3, 0.4) is 0 Å². The number of aryl methyl sites for hydroxylation is 1. The molecule has 102 valence electrons. The fraction of sp³-hybridized carbons (Fsp3) is 0.188. The van der Waals surface area contributed by atoms with Crippen LogP contribution in [0.25, 0.3) is 0 Å². The van der Waals surface area contributed by atoms with Gasteiger partial charge >= 0.3 is 6.03 Å². The normalized spacial score (nSPS) is 21.9. The first-order valence-corrected chi connectivity index (χ1v) is 6.61. The molecule has 2 aromatic rings. The lowest BCUT2D eigenvalue weighted by Crippen LogP contribution is -2.45. The lowest BCUT2D eigenvalue weighted by atomic mass is 10.0. The highest BCUT2D eigenvalue weighted by atomic mass is 16.2. The van der Waals surface area contributed by atoms with Crippen molar-refractivity contribution < 1.29 is 4.79 Å². The topological polar surface area (TPSA) is 44.4 Å². The van der Waals surface area contributed by atoms with Gasteiger partial charge in [-0.3, -0.25) is 0 Å². The molecule has 1 atom stereocenters. The Hall–Kier alpha value is -2.33. The Morgan fingerprint density at radius 2 is 1.65 bits per heavy atom.